The van der Waals surface area contributed by atoms with E-state index in [1.807, 2.05) is 35.0 Å². The number of hydrogen-bond donors (Lipinski definition) is 0. The molecule has 26 heavy (non-hydrogen) atoms. The average molecular weight is 384 g/mol. The number of carbonyl (C=O) groups excluding carboxylic acids is 3. The Kier molecular flexibility index (Phi) is 4.65. The fourth-order valence-electron chi connectivity index (χ4n) is 3.09. The Morgan fingerprint density at radius 1 is 1.15 bits per heavy atom. The highest BCUT2D eigenvalue weighted by molar-refractivity contribution is 8.18. The highest BCUT2D eigenvalue weighted by atomic mass is 32.2. The van der Waals surface area contributed by atoms with Crippen molar-refractivity contribution in [1.82, 2.24) is 9.80 Å². The number of imide groups is 1. The van der Waals surface area contributed by atoms with Crippen LogP contribution in [0.5, 0.6) is 0 Å². The van der Waals surface area contributed by atoms with Gasteiger partial charge in [-0.1, -0.05) is 24.3 Å². The Balaban J connectivity index is 1.45. The minimum absolute atomic E-state index is 0.196. The second-order valence-electron chi connectivity index (χ2n) is 6.16. The van der Waals surface area contributed by atoms with Crippen LogP contribution in [-0.4, -0.2) is 39.9 Å². The lowest BCUT2D eigenvalue weighted by atomic mass is 10.00. The van der Waals surface area contributed by atoms with Crippen LogP contribution in [0.4, 0.5) is 4.79 Å². The minimum Gasteiger partial charge on any atom is -0.336 e. The molecule has 4 rings (SSSR count). The maximum atomic E-state index is 12.6. The average Bonchev–Trinajstić information content (AvgIpc) is 3.25. The van der Waals surface area contributed by atoms with Crippen molar-refractivity contribution in [2.45, 2.75) is 13.0 Å². The van der Waals surface area contributed by atoms with Gasteiger partial charge in [-0.15, -0.1) is 0 Å². The number of rotatable bonds is 3. The largest absolute Gasteiger partial charge is 0.336 e. The Labute approximate surface area is 159 Å². The Morgan fingerprint density at radius 2 is 1.96 bits per heavy atom. The highest BCUT2D eigenvalue weighted by Crippen LogP contribution is 2.32. The molecular formula is C19H16N2O3S2. The number of thioether (sulfide) groups is 1. The second kappa shape index (κ2) is 7.09. The third-order valence-electron chi connectivity index (χ3n) is 4.49. The van der Waals surface area contributed by atoms with Crippen LogP contribution in [0.1, 0.15) is 16.7 Å². The van der Waals surface area contributed by atoms with Gasteiger partial charge in [-0.05, 0) is 57.8 Å². The molecule has 0 bridgehead atoms. The van der Waals surface area contributed by atoms with Crippen LogP contribution in [0.3, 0.4) is 0 Å². The van der Waals surface area contributed by atoms with Crippen LogP contribution < -0.4 is 0 Å². The molecule has 0 unspecified atom stereocenters. The van der Waals surface area contributed by atoms with Crippen molar-refractivity contribution in [2.75, 3.05) is 13.1 Å². The summed E-state index contributed by atoms with van der Waals surface area (Å²) in [4.78, 5) is 40.5. The lowest BCUT2D eigenvalue weighted by Gasteiger charge is -2.29. The van der Waals surface area contributed by atoms with Crippen molar-refractivity contribution in [3.63, 3.8) is 0 Å². The molecule has 3 heterocycles. The second-order valence-corrected chi connectivity index (χ2v) is 7.93. The number of nitrogens with zero attached hydrogens (tertiary/aromatic N) is 2. The summed E-state index contributed by atoms with van der Waals surface area (Å²) in [5.41, 5.74) is 3.26. The summed E-state index contributed by atoms with van der Waals surface area (Å²) in [6.45, 7) is 0.931. The molecular weight excluding hydrogens is 368 g/mol. The molecule has 1 saturated heterocycles. The molecule has 1 aromatic carbocycles. The summed E-state index contributed by atoms with van der Waals surface area (Å²) in [5, 5.41) is 3.43. The van der Waals surface area contributed by atoms with Gasteiger partial charge in [0.1, 0.15) is 6.54 Å². The van der Waals surface area contributed by atoms with E-state index in [2.05, 4.69) is 6.07 Å². The lowest BCUT2D eigenvalue weighted by Crippen LogP contribution is -2.44. The first-order valence-electron chi connectivity index (χ1n) is 8.24. The number of fused-ring (bicyclic) bond motifs is 1. The Morgan fingerprint density at radius 3 is 2.73 bits per heavy atom. The van der Waals surface area contributed by atoms with Crippen LogP contribution in [0.25, 0.3) is 6.08 Å². The fourth-order valence-corrected chi connectivity index (χ4v) is 4.54. The normalized spacial score (nSPS) is 18.5. The van der Waals surface area contributed by atoms with Gasteiger partial charge in [0.2, 0.25) is 5.91 Å². The van der Waals surface area contributed by atoms with E-state index < -0.39 is 5.91 Å². The van der Waals surface area contributed by atoms with Crippen LogP contribution in [0.15, 0.2) is 46.0 Å². The molecule has 132 valence electrons. The predicted molar refractivity (Wildman–Crippen MR) is 103 cm³/mol. The van der Waals surface area contributed by atoms with Gasteiger partial charge in [0, 0.05) is 13.1 Å². The SMILES string of the molecule is O=C(CN1C(=O)S/C(=C\c2ccsc2)C1=O)N1CCc2ccccc2C1. The summed E-state index contributed by atoms with van der Waals surface area (Å²) >= 11 is 2.41. The number of hydrogen-bond acceptors (Lipinski definition) is 5. The first kappa shape index (κ1) is 17.1. The van der Waals surface area contributed by atoms with Crippen molar-refractivity contribution in [3.8, 4) is 0 Å². The van der Waals surface area contributed by atoms with E-state index in [9.17, 15) is 14.4 Å². The summed E-state index contributed by atoms with van der Waals surface area (Å²) in [6, 6.07) is 9.92. The van der Waals surface area contributed by atoms with Crippen molar-refractivity contribution in [3.05, 3.63) is 62.7 Å². The molecule has 2 aliphatic heterocycles. The quantitative estimate of drug-likeness (QED) is 0.762. The number of amides is 3. The molecule has 7 heteroatoms. The van der Waals surface area contributed by atoms with Crippen molar-refractivity contribution >= 4 is 46.2 Å². The van der Waals surface area contributed by atoms with Gasteiger partial charge < -0.3 is 4.90 Å². The molecule has 2 aliphatic rings. The molecule has 1 aromatic heterocycles. The van der Waals surface area contributed by atoms with Crippen molar-refractivity contribution < 1.29 is 14.4 Å². The smallest absolute Gasteiger partial charge is 0.294 e. The van der Waals surface area contributed by atoms with Crippen LogP contribution in [0.2, 0.25) is 0 Å². The van der Waals surface area contributed by atoms with E-state index in [-0.39, 0.29) is 17.7 Å². The molecule has 0 aliphatic carbocycles. The fraction of sp³-hybridized carbons (Fsp3) is 0.211. The van der Waals surface area contributed by atoms with Crippen LogP contribution >= 0.6 is 23.1 Å². The monoisotopic (exact) mass is 384 g/mol. The summed E-state index contributed by atoms with van der Waals surface area (Å²) < 4.78 is 0. The molecule has 2 aromatic rings. The summed E-state index contributed by atoms with van der Waals surface area (Å²) in [6.07, 6.45) is 2.49. The number of thiophene rings is 1. The molecule has 0 N–H and O–H groups in total. The zero-order valence-electron chi connectivity index (χ0n) is 13.9. The molecule has 0 radical (unpaired) electrons. The molecule has 3 amide bonds. The maximum absolute atomic E-state index is 12.6. The Hall–Kier alpha value is -2.38. The first-order valence-corrected chi connectivity index (χ1v) is 10.00. The van der Waals surface area contributed by atoms with Crippen LogP contribution in [0, 0.1) is 0 Å². The third-order valence-corrected chi connectivity index (χ3v) is 6.10. The van der Waals surface area contributed by atoms with Gasteiger partial charge in [-0.3, -0.25) is 19.3 Å². The van der Waals surface area contributed by atoms with Gasteiger partial charge in [0.15, 0.2) is 0 Å². The van der Waals surface area contributed by atoms with E-state index in [0.717, 1.165) is 34.2 Å². The Bertz CT molecular complexity index is 905. The molecule has 1 fully saturated rings. The zero-order chi connectivity index (χ0) is 18.1. The summed E-state index contributed by atoms with van der Waals surface area (Å²) in [7, 11) is 0. The zero-order valence-corrected chi connectivity index (χ0v) is 15.5. The van der Waals surface area contributed by atoms with Gasteiger partial charge in [-0.2, -0.15) is 11.3 Å². The standard InChI is InChI=1S/C19H16N2O3S2/c22-17(20-7-5-14-3-1-2-4-15(14)10-20)11-21-18(23)16(26-19(21)24)9-13-6-8-25-12-13/h1-4,6,8-9,12H,5,7,10-11H2/b16-9-. The van der Waals surface area contributed by atoms with E-state index in [0.29, 0.717) is 18.0 Å². The molecule has 0 saturated carbocycles. The van der Waals surface area contributed by atoms with Crippen molar-refractivity contribution in [1.29, 1.82) is 0 Å². The van der Waals surface area contributed by atoms with Gasteiger partial charge in [0.05, 0.1) is 4.91 Å². The van der Waals surface area contributed by atoms with Gasteiger partial charge in [0.25, 0.3) is 11.1 Å². The molecule has 0 atom stereocenters. The van der Waals surface area contributed by atoms with Gasteiger partial charge >= 0.3 is 0 Å². The summed E-state index contributed by atoms with van der Waals surface area (Å²) in [5.74, 6) is -0.587. The number of carbonyl (C=O) groups is 3. The number of benzene rings is 1. The van der Waals surface area contributed by atoms with E-state index in [1.54, 1.807) is 11.0 Å². The third kappa shape index (κ3) is 3.32. The first-order chi connectivity index (χ1) is 12.6. The predicted octanol–water partition coefficient (Wildman–Crippen LogP) is 3.37. The van der Waals surface area contributed by atoms with E-state index in [1.165, 1.54) is 16.9 Å². The van der Waals surface area contributed by atoms with Crippen LogP contribution in [-0.2, 0) is 22.6 Å². The minimum atomic E-state index is -0.392. The van der Waals surface area contributed by atoms with Gasteiger partial charge in [-0.25, -0.2) is 0 Å². The molecule has 0 spiro atoms. The molecule has 5 nitrogen and oxygen atoms in total. The highest BCUT2D eigenvalue weighted by Gasteiger charge is 2.37. The topological polar surface area (TPSA) is 57.7 Å². The maximum Gasteiger partial charge on any atom is 0.294 e. The van der Waals surface area contributed by atoms with Crippen molar-refractivity contribution in [2.24, 2.45) is 0 Å². The lowest BCUT2D eigenvalue weighted by molar-refractivity contribution is -0.136. The van der Waals surface area contributed by atoms with E-state index >= 15 is 0 Å². The van der Waals surface area contributed by atoms with E-state index in [4.69, 9.17) is 0 Å².